The van der Waals surface area contributed by atoms with Crippen LogP contribution in [0.5, 0.6) is 0 Å². The Labute approximate surface area is 238 Å². The summed E-state index contributed by atoms with van der Waals surface area (Å²) in [5.41, 5.74) is 4.01. The molecule has 1 fully saturated rings. The summed E-state index contributed by atoms with van der Waals surface area (Å²) < 4.78 is 40.2. The van der Waals surface area contributed by atoms with Gasteiger partial charge in [0.1, 0.15) is 0 Å². The van der Waals surface area contributed by atoms with Gasteiger partial charge in [-0.15, -0.1) is 0 Å². The number of carbonyl (C=O) groups is 2. The predicted octanol–water partition coefficient (Wildman–Crippen LogP) is 8.59. The molecule has 0 aromatic heterocycles. The van der Waals surface area contributed by atoms with Gasteiger partial charge in [-0.2, -0.15) is 13.2 Å². The average Bonchev–Trinajstić information content (AvgIpc) is 2.92. The molecule has 4 rings (SSSR count). The van der Waals surface area contributed by atoms with E-state index < -0.39 is 24.1 Å². The topological polar surface area (TPSA) is 81.7 Å². The van der Waals surface area contributed by atoms with E-state index in [-0.39, 0.29) is 30.4 Å². The van der Waals surface area contributed by atoms with Gasteiger partial charge in [-0.3, -0.25) is 0 Å². The van der Waals surface area contributed by atoms with Gasteiger partial charge in [-0.05, 0) is 80.0 Å². The lowest BCUT2D eigenvalue weighted by molar-refractivity contribution is -0.182. The van der Waals surface area contributed by atoms with E-state index in [0.29, 0.717) is 47.6 Å². The van der Waals surface area contributed by atoms with Gasteiger partial charge < -0.3 is 20.6 Å². The summed E-state index contributed by atoms with van der Waals surface area (Å²) >= 11 is 0. The first-order valence-corrected chi connectivity index (χ1v) is 13.9. The van der Waals surface area contributed by atoms with Gasteiger partial charge in [0.05, 0.1) is 22.9 Å². The molecule has 1 aliphatic rings. The van der Waals surface area contributed by atoms with Gasteiger partial charge in [-0.1, -0.05) is 55.8 Å². The minimum Gasteiger partial charge on any atom is -0.478 e. The molecule has 0 unspecified atom stereocenters. The fraction of sp³-hybridized carbons (Fsp3) is 0.375. The molecular weight excluding hydrogens is 531 g/mol. The largest absolute Gasteiger partial charge is 0.478 e. The molecule has 0 heterocycles. The van der Waals surface area contributed by atoms with Crippen molar-refractivity contribution in [3.8, 4) is 11.1 Å². The molecule has 9 heteroatoms. The second-order valence-corrected chi connectivity index (χ2v) is 11.1. The SMILES string of the molecule is Cc1ccc(NC(=O)Nc2cc(-c3ccccc3C(=O)O)ccc2N(CC(C)C)C2CCC(C(F)(F)F)CC2)cc1. The molecule has 41 heavy (non-hydrogen) atoms. The number of nitrogens with one attached hydrogen (secondary N) is 2. The number of aromatic carboxylic acids is 1. The summed E-state index contributed by atoms with van der Waals surface area (Å²) in [7, 11) is 0. The predicted molar refractivity (Wildman–Crippen MR) is 157 cm³/mol. The molecule has 6 nitrogen and oxygen atoms in total. The van der Waals surface area contributed by atoms with E-state index in [0.717, 1.165) is 5.56 Å². The van der Waals surface area contributed by atoms with Crippen molar-refractivity contribution in [3.63, 3.8) is 0 Å². The highest BCUT2D eigenvalue weighted by atomic mass is 19.4. The summed E-state index contributed by atoms with van der Waals surface area (Å²) in [5, 5.41) is 15.5. The molecule has 0 spiro atoms. The van der Waals surface area contributed by atoms with E-state index in [2.05, 4.69) is 15.5 Å². The van der Waals surface area contributed by atoms with Crippen molar-refractivity contribution >= 4 is 29.1 Å². The Balaban J connectivity index is 1.72. The fourth-order valence-electron chi connectivity index (χ4n) is 5.45. The van der Waals surface area contributed by atoms with Crippen molar-refractivity contribution in [3.05, 3.63) is 77.9 Å². The molecular formula is C32H36F3N3O3. The quantitative estimate of drug-likeness (QED) is 0.255. The maximum Gasteiger partial charge on any atom is 0.391 e. The molecule has 3 aromatic rings. The Kier molecular flexibility index (Phi) is 9.25. The third-order valence-corrected chi connectivity index (χ3v) is 7.49. The first-order chi connectivity index (χ1) is 19.4. The lowest BCUT2D eigenvalue weighted by atomic mass is 9.84. The smallest absolute Gasteiger partial charge is 0.391 e. The van der Waals surface area contributed by atoms with Crippen LogP contribution in [0.2, 0.25) is 0 Å². The number of alkyl halides is 3. The van der Waals surface area contributed by atoms with Crippen LogP contribution >= 0.6 is 0 Å². The number of carbonyl (C=O) groups excluding carboxylic acids is 1. The van der Waals surface area contributed by atoms with Crippen molar-refractivity contribution in [2.45, 2.75) is 58.7 Å². The van der Waals surface area contributed by atoms with Crippen LogP contribution in [0.4, 0.5) is 35.0 Å². The van der Waals surface area contributed by atoms with E-state index in [1.54, 1.807) is 42.5 Å². The van der Waals surface area contributed by atoms with Crippen LogP contribution in [0, 0.1) is 18.8 Å². The van der Waals surface area contributed by atoms with Crippen molar-refractivity contribution < 1.29 is 27.9 Å². The fourth-order valence-corrected chi connectivity index (χ4v) is 5.45. The number of hydrogen-bond donors (Lipinski definition) is 3. The summed E-state index contributed by atoms with van der Waals surface area (Å²) in [6, 6.07) is 18.7. The molecule has 1 saturated carbocycles. The highest BCUT2D eigenvalue weighted by Gasteiger charge is 2.42. The molecule has 0 bridgehead atoms. The summed E-state index contributed by atoms with van der Waals surface area (Å²) in [6.45, 7) is 6.62. The Morgan fingerprint density at radius 2 is 1.61 bits per heavy atom. The van der Waals surface area contributed by atoms with Crippen molar-refractivity contribution in [1.82, 2.24) is 0 Å². The van der Waals surface area contributed by atoms with E-state index in [9.17, 15) is 27.9 Å². The monoisotopic (exact) mass is 567 g/mol. The average molecular weight is 568 g/mol. The minimum absolute atomic E-state index is 0.0590. The third-order valence-electron chi connectivity index (χ3n) is 7.49. The Morgan fingerprint density at radius 3 is 2.22 bits per heavy atom. The zero-order valence-corrected chi connectivity index (χ0v) is 23.5. The molecule has 3 N–H and O–H groups in total. The number of anilines is 3. The first kappa shape index (κ1) is 30.0. The highest BCUT2D eigenvalue weighted by molar-refractivity contribution is 6.03. The van der Waals surface area contributed by atoms with Crippen molar-refractivity contribution in [2.75, 3.05) is 22.1 Å². The molecule has 0 atom stereocenters. The number of rotatable bonds is 8. The molecule has 0 radical (unpaired) electrons. The maximum absolute atomic E-state index is 13.4. The van der Waals surface area contributed by atoms with Crippen LogP contribution in [0.1, 0.15) is 55.5 Å². The van der Waals surface area contributed by atoms with Gasteiger partial charge >= 0.3 is 18.2 Å². The van der Waals surface area contributed by atoms with Crippen LogP contribution < -0.4 is 15.5 Å². The second kappa shape index (κ2) is 12.7. The summed E-state index contributed by atoms with van der Waals surface area (Å²) in [6.07, 6.45) is -3.31. The minimum atomic E-state index is -4.20. The molecule has 2 amide bonds. The Bertz CT molecular complexity index is 1360. The maximum atomic E-state index is 13.4. The van der Waals surface area contributed by atoms with Crippen LogP contribution in [0.25, 0.3) is 11.1 Å². The first-order valence-electron chi connectivity index (χ1n) is 13.9. The number of halogens is 3. The lowest BCUT2D eigenvalue weighted by Crippen LogP contribution is -2.42. The molecule has 218 valence electrons. The van der Waals surface area contributed by atoms with Gasteiger partial charge in [0.25, 0.3) is 0 Å². The van der Waals surface area contributed by atoms with Crippen LogP contribution in [-0.4, -0.2) is 35.9 Å². The Hall–Kier alpha value is -4.01. The van der Waals surface area contributed by atoms with E-state index in [1.165, 1.54) is 6.07 Å². The summed E-state index contributed by atoms with van der Waals surface area (Å²) in [4.78, 5) is 27.2. The van der Waals surface area contributed by atoms with E-state index >= 15 is 0 Å². The molecule has 3 aromatic carbocycles. The zero-order chi connectivity index (χ0) is 29.7. The van der Waals surface area contributed by atoms with Gasteiger partial charge in [0.15, 0.2) is 0 Å². The number of amides is 2. The van der Waals surface area contributed by atoms with Crippen LogP contribution in [-0.2, 0) is 0 Å². The summed E-state index contributed by atoms with van der Waals surface area (Å²) in [5.74, 6) is -2.16. The van der Waals surface area contributed by atoms with Gasteiger partial charge in [0.2, 0.25) is 0 Å². The number of urea groups is 1. The van der Waals surface area contributed by atoms with Crippen molar-refractivity contribution in [1.29, 1.82) is 0 Å². The number of benzene rings is 3. The van der Waals surface area contributed by atoms with E-state index in [1.807, 2.05) is 39.0 Å². The van der Waals surface area contributed by atoms with E-state index in [4.69, 9.17) is 0 Å². The molecule has 0 aliphatic heterocycles. The molecule has 0 saturated heterocycles. The standard InChI is InChI=1S/C32H36F3N3O3/c1-20(2)19-38(25-15-11-23(12-16-25)32(33,34)35)29-17-10-22(26-6-4-5-7-27(26)30(39)40)18-28(29)37-31(41)36-24-13-8-21(3)9-14-24/h4-10,13-14,17-18,20,23,25H,11-12,15-16,19H2,1-3H3,(H,39,40)(H2,36,37,41). The third kappa shape index (κ3) is 7.60. The molecule has 1 aliphatic carbocycles. The van der Waals surface area contributed by atoms with Crippen LogP contribution in [0.15, 0.2) is 66.7 Å². The number of carboxylic acids is 1. The lowest BCUT2D eigenvalue weighted by Gasteiger charge is -2.40. The van der Waals surface area contributed by atoms with Gasteiger partial charge in [-0.25, -0.2) is 9.59 Å². The normalized spacial score (nSPS) is 17.2. The zero-order valence-electron chi connectivity index (χ0n) is 23.5. The number of aryl methyl sites for hydroxylation is 1. The van der Waals surface area contributed by atoms with Crippen LogP contribution in [0.3, 0.4) is 0 Å². The second-order valence-electron chi connectivity index (χ2n) is 11.1. The highest BCUT2D eigenvalue weighted by Crippen LogP contribution is 2.42. The van der Waals surface area contributed by atoms with Crippen molar-refractivity contribution in [2.24, 2.45) is 11.8 Å². The number of nitrogens with zero attached hydrogens (tertiary/aromatic N) is 1. The van der Waals surface area contributed by atoms with Gasteiger partial charge in [0, 0.05) is 18.3 Å². The number of hydrogen-bond acceptors (Lipinski definition) is 3. The Morgan fingerprint density at radius 1 is 0.951 bits per heavy atom. The number of carboxylic acid groups (broad SMARTS) is 1.